The quantitative estimate of drug-likeness (QED) is 0.890. The van der Waals surface area contributed by atoms with Crippen LogP contribution in [-0.2, 0) is 4.79 Å². The number of benzene rings is 1. The first-order valence-corrected chi connectivity index (χ1v) is 9.01. The Morgan fingerprint density at radius 3 is 2.77 bits per heavy atom. The van der Waals surface area contributed by atoms with Crippen molar-refractivity contribution in [3.63, 3.8) is 0 Å². The lowest BCUT2D eigenvalue weighted by atomic mass is 9.94. The molecule has 1 amide bonds. The van der Waals surface area contributed by atoms with Gasteiger partial charge in [0.2, 0.25) is 5.91 Å². The normalized spacial score (nSPS) is 21.3. The maximum Gasteiger partial charge on any atom is 0.241 e. The van der Waals surface area contributed by atoms with E-state index >= 15 is 0 Å². The monoisotopic (exact) mass is 365 g/mol. The number of rotatable bonds is 4. The number of amides is 1. The minimum atomic E-state index is 0.217. The maximum absolute atomic E-state index is 12.4. The van der Waals surface area contributed by atoms with Gasteiger partial charge in [-0.1, -0.05) is 22.0 Å². The largest absolute Gasteiger partial charge is 0.317 e. The molecule has 2 saturated heterocycles. The first-order chi connectivity index (χ1) is 10.7. The number of hydrogen-bond donors (Lipinski definition) is 1. The van der Waals surface area contributed by atoms with Gasteiger partial charge in [0.25, 0.3) is 0 Å². The van der Waals surface area contributed by atoms with Crippen molar-refractivity contribution in [3.8, 4) is 0 Å². The van der Waals surface area contributed by atoms with Crippen molar-refractivity contribution in [2.24, 2.45) is 5.92 Å². The zero-order valence-electron chi connectivity index (χ0n) is 12.9. The van der Waals surface area contributed by atoms with Gasteiger partial charge >= 0.3 is 0 Å². The fourth-order valence-corrected chi connectivity index (χ4v) is 3.75. The summed E-state index contributed by atoms with van der Waals surface area (Å²) in [6, 6.07) is 8.00. The van der Waals surface area contributed by atoms with Gasteiger partial charge in [0, 0.05) is 23.2 Å². The van der Waals surface area contributed by atoms with Gasteiger partial charge in [-0.25, -0.2) is 0 Å². The average Bonchev–Trinajstić information content (AvgIpc) is 2.54. The van der Waals surface area contributed by atoms with Crippen LogP contribution >= 0.6 is 15.9 Å². The summed E-state index contributed by atoms with van der Waals surface area (Å²) in [6.07, 6.45) is 3.80. The molecule has 2 fully saturated rings. The molecule has 0 atom stereocenters. The lowest BCUT2D eigenvalue weighted by molar-refractivity contribution is -0.121. The van der Waals surface area contributed by atoms with Crippen LogP contribution in [0.25, 0.3) is 0 Å². The summed E-state index contributed by atoms with van der Waals surface area (Å²) in [4.78, 5) is 16.7. The predicted molar refractivity (Wildman–Crippen MR) is 93.1 cm³/mol. The lowest BCUT2D eigenvalue weighted by Gasteiger charge is -2.35. The van der Waals surface area contributed by atoms with Crippen LogP contribution < -0.4 is 10.2 Å². The van der Waals surface area contributed by atoms with Gasteiger partial charge in [-0.2, -0.15) is 0 Å². The van der Waals surface area contributed by atoms with Crippen LogP contribution in [0.1, 0.15) is 19.3 Å². The van der Waals surface area contributed by atoms with Gasteiger partial charge in [0.05, 0.1) is 6.54 Å². The molecule has 2 aliphatic heterocycles. The fraction of sp³-hybridized carbons (Fsp3) is 0.588. The third kappa shape index (κ3) is 4.09. The first-order valence-electron chi connectivity index (χ1n) is 8.21. The number of anilines is 1. The van der Waals surface area contributed by atoms with Crippen LogP contribution in [0, 0.1) is 5.92 Å². The Bertz CT molecular complexity index is 516. The summed E-state index contributed by atoms with van der Waals surface area (Å²) in [6.45, 7) is 5.69. The van der Waals surface area contributed by atoms with Crippen LogP contribution in [0.4, 0.5) is 5.69 Å². The summed E-state index contributed by atoms with van der Waals surface area (Å²) in [5.41, 5.74) is 0.998. The standard InChI is InChI=1S/C17H24BrN3O/c18-15-2-1-3-16(12-15)21-11-10-20(13-17(21)22)9-6-14-4-7-19-8-5-14/h1-3,12,14,19H,4-11,13H2. The summed E-state index contributed by atoms with van der Waals surface area (Å²) < 4.78 is 1.02. The van der Waals surface area contributed by atoms with Crippen molar-refractivity contribution in [1.29, 1.82) is 0 Å². The van der Waals surface area contributed by atoms with E-state index in [2.05, 4.69) is 26.1 Å². The highest BCUT2D eigenvalue weighted by atomic mass is 79.9. The highest BCUT2D eigenvalue weighted by Crippen LogP contribution is 2.22. The molecule has 5 heteroatoms. The van der Waals surface area contributed by atoms with Crippen LogP contribution in [0.15, 0.2) is 28.7 Å². The Morgan fingerprint density at radius 2 is 2.05 bits per heavy atom. The molecule has 0 unspecified atom stereocenters. The Morgan fingerprint density at radius 1 is 1.23 bits per heavy atom. The second-order valence-corrected chi connectivity index (χ2v) is 7.20. The van der Waals surface area contributed by atoms with E-state index in [0.29, 0.717) is 6.54 Å². The number of carbonyl (C=O) groups is 1. The first kappa shape index (κ1) is 16.0. The summed E-state index contributed by atoms with van der Waals surface area (Å²) >= 11 is 3.48. The smallest absolute Gasteiger partial charge is 0.241 e. The zero-order valence-corrected chi connectivity index (χ0v) is 14.5. The maximum atomic E-state index is 12.4. The van der Waals surface area contributed by atoms with E-state index in [0.717, 1.165) is 48.8 Å². The van der Waals surface area contributed by atoms with Crippen molar-refractivity contribution >= 4 is 27.5 Å². The Labute approximate surface area is 141 Å². The number of piperazine rings is 1. The molecular formula is C17H24BrN3O. The molecule has 0 aromatic heterocycles. The molecule has 4 nitrogen and oxygen atoms in total. The molecule has 1 aromatic carbocycles. The SMILES string of the molecule is O=C1CN(CCC2CCNCC2)CCN1c1cccc(Br)c1. The Hall–Kier alpha value is -0.910. The van der Waals surface area contributed by atoms with Gasteiger partial charge in [0.15, 0.2) is 0 Å². The molecule has 0 bridgehead atoms. The van der Waals surface area contributed by atoms with Gasteiger partial charge in [-0.15, -0.1) is 0 Å². The molecule has 0 spiro atoms. The number of hydrogen-bond acceptors (Lipinski definition) is 3. The number of nitrogens with zero attached hydrogens (tertiary/aromatic N) is 2. The third-order valence-electron chi connectivity index (χ3n) is 4.73. The third-order valence-corrected chi connectivity index (χ3v) is 5.23. The molecule has 1 aromatic rings. The van der Waals surface area contributed by atoms with E-state index in [9.17, 15) is 4.79 Å². The van der Waals surface area contributed by atoms with Crippen molar-refractivity contribution in [2.75, 3.05) is 44.2 Å². The van der Waals surface area contributed by atoms with Crippen molar-refractivity contribution in [2.45, 2.75) is 19.3 Å². The van der Waals surface area contributed by atoms with E-state index in [-0.39, 0.29) is 5.91 Å². The van der Waals surface area contributed by atoms with Crippen molar-refractivity contribution < 1.29 is 4.79 Å². The van der Waals surface area contributed by atoms with E-state index in [1.165, 1.54) is 19.3 Å². The van der Waals surface area contributed by atoms with E-state index in [1.807, 2.05) is 29.2 Å². The van der Waals surface area contributed by atoms with Gasteiger partial charge < -0.3 is 10.2 Å². The van der Waals surface area contributed by atoms with Gasteiger partial charge in [0.1, 0.15) is 0 Å². The molecule has 120 valence electrons. The molecule has 22 heavy (non-hydrogen) atoms. The van der Waals surface area contributed by atoms with Crippen molar-refractivity contribution in [1.82, 2.24) is 10.2 Å². The highest BCUT2D eigenvalue weighted by Gasteiger charge is 2.25. The average molecular weight is 366 g/mol. The lowest BCUT2D eigenvalue weighted by Crippen LogP contribution is -2.51. The molecular weight excluding hydrogens is 342 g/mol. The molecule has 0 saturated carbocycles. The predicted octanol–water partition coefficient (Wildman–Crippen LogP) is 2.49. The highest BCUT2D eigenvalue weighted by molar-refractivity contribution is 9.10. The minimum Gasteiger partial charge on any atom is -0.317 e. The van der Waals surface area contributed by atoms with Crippen LogP contribution in [0.3, 0.4) is 0 Å². The molecule has 2 aliphatic rings. The fourth-order valence-electron chi connectivity index (χ4n) is 3.37. The number of piperidine rings is 1. The topological polar surface area (TPSA) is 35.6 Å². The number of halogens is 1. The van der Waals surface area contributed by atoms with Gasteiger partial charge in [-0.05, 0) is 63.0 Å². The van der Waals surface area contributed by atoms with E-state index < -0.39 is 0 Å². The Kier molecular flexibility index (Phi) is 5.50. The molecule has 0 aliphatic carbocycles. The van der Waals surface area contributed by atoms with Crippen molar-refractivity contribution in [3.05, 3.63) is 28.7 Å². The van der Waals surface area contributed by atoms with Gasteiger partial charge in [-0.3, -0.25) is 9.69 Å². The summed E-state index contributed by atoms with van der Waals surface area (Å²) in [5.74, 6) is 1.05. The number of nitrogens with one attached hydrogen (secondary N) is 1. The van der Waals surface area contributed by atoms with E-state index in [1.54, 1.807) is 0 Å². The molecule has 0 radical (unpaired) electrons. The number of carbonyl (C=O) groups excluding carboxylic acids is 1. The Balaban J connectivity index is 1.50. The van der Waals surface area contributed by atoms with E-state index in [4.69, 9.17) is 0 Å². The van der Waals surface area contributed by atoms with Crippen LogP contribution in [-0.4, -0.2) is 50.1 Å². The minimum absolute atomic E-state index is 0.217. The zero-order chi connectivity index (χ0) is 15.4. The molecule has 2 heterocycles. The summed E-state index contributed by atoms with van der Waals surface area (Å²) in [7, 11) is 0. The molecule has 1 N–H and O–H groups in total. The van der Waals surface area contributed by atoms with Crippen LogP contribution in [0.2, 0.25) is 0 Å². The molecule has 3 rings (SSSR count). The van der Waals surface area contributed by atoms with Crippen LogP contribution in [0.5, 0.6) is 0 Å². The second-order valence-electron chi connectivity index (χ2n) is 6.28. The second kappa shape index (κ2) is 7.57. The summed E-state index contributed by atoms with van der Waals surface area (Å²) in [5, 5.41) is 3.41.